The molecule has 16 heavy (non-hydrogen) atoms. The van der Waals surface area contributed by atoms with Crippen LogP contribution in [-0.4, -0.2) is 31.1 Å². The van der Waals surface area contributed by atoms with Gasteiger partial charge in [-0.15, -0.1) is 0 Å². The van der Waals surface area contributed by atoms with E-state index in [-0.39, 0.29) is 0 Å². The zero-order valence-electron chi connectivity index (χ0n) is 9.95. The van der Waals surface area contributed by atoms with Crippen molar-refractivity contribution in [1.82, 2.24) is 10.2 Å². The van der Waals surface area contributed by atoms with E-state index >= 15 is 0 Å². The molecule has 3 nitrogen and oxygen atoms in total. The summed E-state index contributed by atoms with van der Waals surface area (Å²) >= 11 is 0. The van der Waals surface area contributed by atoms with Gasteiger partial charge in [0.05, 0.1) is 12.5 Å². The quantitative estimate of drug-likeness (QED) is 0.717. The Morgan fingerprint density at radius 1 is 1.25 bits per heavy atom. The van der Waals surface area contributed by atoms with Gasteiger partial charge in [0.1, 0.15) is 0 Å². The van der Waals surface area contributed by atoms with Crippen molar-refractivity contribution in [1.29, 1.82) is 0 Å². The van der Waals surface area contributed by atoms with E-state index in [4.69, 9.17) is 4.42 Å². The van der Waals surface area contributed by atoms with Gasteiger partial charge in [0.15, 0.2) is 0 Å². The van der Waals surface area contributed by atoms with Crippen molar-refractivity contribution in [2.24, 2.45) is 0 Å². The lowest BCUT2D eigenvalue weighted by Crippen LogP contribution is -2.22. The van der Waals surface area contributed by atoms with E-state index in [0.29, 0.717) is 0 Å². The molecule has 3 heteroatoms. The number of unbranched alkanes of at least 4 members (excludes halogenated alkanes) is 1. The molecule has 0 spiro atoms. The Morgan fingerprint density at radius 2 is 2.12 bits per heavy atom. The van der Waals surface area contributed by atoms with E-state index in [0.717, 1.165) is 13.1 Å². The van der Waals surface area contributed by atoms with Crippen molar-refractivity contribution in [2.45, 2.75) is 32.2 Å². The fourth-order valence-corrected chi connectivity index (χ4v) is 2.22. The summed E-state index contributed by atoms with van der Waals surface area (Å²) in [7, 11) is 0. The third-order valence-corrected chi connectivity index (χ3v) is 3.19. The molecular formula is C13H22N2O. The molecule has 1 fully saturated rings. The first kappa shape index (κ1) is 11.7. The Bertz CT molecular complexity index is 265. The Labute approximate surface area is 97.8 Å². The highest BCUT2D eigenvalue weighted by molar-refractivity contribution is 5.04. The number of hydrogen-bond donors (Lipinski definition) is 1. The molecule has 1 aliphatic rings. The van der Waals surface area contributed by atoms with Gasteiger partial charge in [-0.3, -0.25) is 0 Å². The Hall–Kier alpha value is -0.800. The molecule has 0 radical (unpaired) electrons. The maximum absolute atomic E-state index is 5.01. The summed E-state index contributed by atoms with van der Waals surface area (Å²) in [4.78, 5) is 2.58. The monoisotopic (exact) mass is 222 g/mol. The van der Waals surface area contributed by atoms with Gasteiger partial charge in [-0.2, -0.15) is 0 Å². The average molecular weight is 222 g/mol. The van der Waals surface area contributed by atoms with Crippen LogP contribution in [0, 0.1) is 0 Å². The van der Waals surface area contributed by atoms with Crippen molar-refractivity contribution in [3.63, 3.8) is 0 Å². The minimum atomic E-state index is 0.931. The molecule has 0 aromatic carbocycles. The van der Waals surface area contributed by atoms with E-state index in [1.165, 1.54) is 50.9 Å². The molecule has 0 atom stereocenters. The van der Waals surface area contributed by atoms with Gasteiger partial charge in [0, 0.05) is 12.1 Å². The van der Waals surface area contributed by atoms with Crippen LogP contribution in [0.4, 0.5) is 0 Å². The van der Waals surface area contributed by atoms with Crippen molar-refractivity contribution in [2.75, 3.05) is 26.2 Å². The number of furan rings is 1. The Morgan fingerprint density at radius 3 is 2.88 bits per heavy atom. The molecule has 1 aliphatic heterocycles. The molecule has 1 N–H and O–H groups in total. The zero-order valence-corrected chi connectivity index (χ0v) is 9.95. The highest BCUT2D eigenvalue weighted by Crippen LogP contribution is 2.08. The van der Waals surface area contributed by atoms with Gasteiger partial charge in [-0.1, -0.05) is 0 Å². The van der Waals surface area contributed by atoms with Crippen LogP contribution in [0.25, 0.3) is 0 Å². The number of nitrogens with one attached hydrogen (secondary N) is 1. The molecular weight excluding hydrogens is 200 g/mol. The summed E-state index contributed by atoms with van der Waals surface area (Å²) in [5.74, 6) is 0. The molecule has 0 aliphatic carbocycles. The first-order chi connectivity index (χ1) is 7.95. The van der Waals surface area contributed by atoms with E-state index < -0.39 is 0 Å². The van der Waals surface area contributed by atoms with Gasteiger partial charge in [0.25, 0.3) is 0 Å². The Kier molecular flexibility index (Phi) is 4.90. The maximum atomic E-state index is 5.01. The highest BCUT2D eigenvalue weighted by atomic mass is 16.3. The number of hydrogen-bond acceptors (Lipinski definition) is 3. The fourth-order valence-electron chi connectivity index (χ4n) is 2.22. The first-order valence-electron chi connectivity index (χ1n) is 6.39. The lowest BCUT2D eigenvalue weighted by molar-refractivity contribution is 0.329. The molecule has 0 saturated carbocycles. The number of nitrogens with zero attached hydrogens (tertiary/aromatic N) is 1. The molecule has 1 saturated heterocycles. The van der Waals surface area contributed by atoms with Crippen LogP contribution < -0.4 is 5.32 Å². The molecule has 0 amide bonds. The highest BCUT2D eigenvalue weighted by Gasteiger charge is 2.09. The summed E-state index contributed by atoms with van der Waals surface area (Å²) in [5, 5.41) is 3.43. The smallest absolute Gasteiger partial charge is 0.0947 e. The van der Waals surface area contributed by atoms with Crippen molar-refractivity contribution < 1.29 is 4.42 Å². The van der Waals surface area contributed by atoms with Crippen molar-refractivity contribution in [3.05, 3.63) is 24.2 Å². The number of likely N-dealkylation sites (tertiary alicyclic amines) is 1. The second-order valence-electron chi connectivity index (χ2n) is 4.56. The predicted molar refractivity (Wildman–Crippen MR) is 65.3 cm³/mol. The van der Waals surface area contributed by atoms with Crippen LogP contribution in [0.1, 0.15) is 31.2 Å². The normalized spacial score (nSPS) is 17.0. The van der Waals surface area contributed by atoms with Crippen molar-refractivity contribution in [3.8, 4) is 0 Å². The van der Waals surface area contributed by atoms with Crippen LogP contribution in [0.3, 0.4) is 0 Å². The summed E-state index contributed by atoms with van der Waals surface area (Å²) < 4.78 is 5.01. The average Bonchev–Trinajstić information content (AvgIpc) is 2.96. The Balaban J connectivity index is 1.43. The largest absolute Gasteiger partial charge is 0.472 e. The lowest BCUT2D eigenvalue weighted by Gasteiger charge is -2.13. The molecule has 90 valence electrons. The standard InChI is InChI=1S/C13H22N2O/c1(2-7-15-8-3-4-9-15)6-14-11-13-5-10-16-12-13/h5,10,12,14H,1-4,6-9,11H2. The van der Waals surface area contributed by atoms with Crippen LogP contribution in [0.5, 0.6) is 0 Å². The summed E-state index contributed by atoms with van der Waals surface area (Å²) in [6, 6.07) is 2.01. The lowest BCUT2D eigenvalue weighted by atomic mass is 10.3. The van der Waals surface area contributed by atoms with Gasteiger partial charge in [-0.25, -0.2) is 0 Å². The van der Waals surface area contributed by atoms with Gasteiger partial charge in [0.2, 0.25) is 0 Å². The maximum Gasteiger partial charge on any atom is 0.0947 e. The second kappa shape index (κ2) is 6.71. The third kappa shape index (κ3) is 3.99. The summed E-state index contributed by atoms with van der Waals surface area (Å²) in [6.07, 6.45) is 8.92. The van der Waals surface area contributed by atoms with E-state index in [1.807, 2.05) is 6.07 Å². The number of rotatable bonds is 7. The second-order valence-corrected chi connectivity index (χ2v) is 4.56. The topological polar surface area (TPSA) is 28.4 Å². The van der Waals surface area contributed by atoms with Crippen LogP contribution >= 0.6 is 0 Å². The van der Waals surface area contributed by atoms with Crippen molar-refractivity contribution >= 4 is 0 Å². The van der Waals surface area contributed by atoms with Crippen LogP contribution in [0.2, 0.25) is 0 Å². The molecule has 1 aromatic rings. The molecule has 2 heterocycles. The SMILES string of the molecule is c1cc(CNCCCCN2CCCC2)co1. The van der Waals surface area contributed by atoms with Gasteiger partial charge < -0.3 is 14.6 Å². The van der Waals surface area contributed by atoms with Gasteiger partial charge in [-0.05, 0) is 57.9 Å². The summed E-state index contributed by atoms with van der Waals surface area (Å²) in [6.45, 7) is 5.97. The predicted octanol–water partition coefficient (Wildman–Crippen LogP) is 2.25. The summed E-state index contributed by atoms with van der Waals surface area (Å²) in [5.41, 5.74) is 1.24. The molecule has 1 aromatic heterocycles. The van der Waals surface area contributed by atoms with Crippen LogP contribution in [0.15, 0.2) is 23.0 Å². The van der Waals surface area contributed by atoms with E-state index in [1.54, 1.807) is 12.5 Å². The molecule has 0 unspecified atom stereocenters. The van der Waals surface area contributed by atoms with E-state index in [9.17, 15) is 0 Å². The molecule has 0 bridgehead atoms. The first-order valence-corrected chi connectivity index (χ1v) is 6.39. The zero-order chi connectivity index (χ0) is 11.1. The minimum Gasteiger partial charge on any atom is -0.472 e. The van der Waals surface area contributed by atoms with E-state index in [2.05, 4.69) is 10.2 Å². The van der Waals surface area contributed by atoms with Gasteiger partial charge >= 0.3 is 0 Å². The fraction of sp³-hybridized carbons (Fsp3) is 0.692. The minimum absolute atomic E-state index is 0.931. The molecule has 2 rings (SSSR count). The van der Waals surface area contributed by atoms with Crippen LogP contribution in [-0.2, 0) is 6.54 Å². The third-order valence-electron chi connectivity index (χ3n) is 3.19.